The van der Waals surface area contributed by atoms with Crippen LogP contribution >= 0.6 is 11.6 Å². The summed E-state index contributed by atoms with van der Waals surface area (Å²) in [7, 11) is 1.51. The molecule has 8 heteroatoms. The van der Waals surface area contributed by atoms with Crippen LogP contribution in [-0.2, 0) is 16.2 Å². The smallest absolute Gasteiger partial charge is 0.335 e. The quantitative estimate of drug-likeness (QED) is 0.263. The molecule has 1 aliphatic heterocycles. The van der Waals surface area contributed by atoms with E-state index >= 15 is 0 Å². The van der Waals surface area contributed by atoms with Crippen molar-refractivity contribution in [2.45, 2.75) is 6.61 Å². The van der Waals surface area contributed by atoms with Crippen LogP contribution in [0.4, 0.5) is 10.5 Å². The Labute approximate surface area is 217 Å². The molecular formula is C29H21ClN2O5. The number of ether oxygens (including phenoxy) is 2. The van der Waals surface area contributed by atoms with E-state index in [1.807, 2.05) is 42.5 Å². The Balaban J connectivity index is 1.47. The van der Waals surface area contributed by atoms with Gasteiger partial charge >= 0.3 is 6.03 Å². The van der Waals surface area contributed by atoms with Gasteiger partial charge < -0.3 is 9.47 Å². The van der Waals surface area contributed by atoms with Gasteiger partial charge in [-0.15, -0.1) is 0 Å². The Bertz CT molecular complexity index is 1560. The SMILES string of the molecule is COc1ccc(N2C(=O)NC(=O)/C(=C\c3cc(Cl)ccc3OCc3cccc4ccccc34)C2=O)cc1. The predicted octanol–water partition coefficient (Wildman–Crippen LogP) is 5.75. The summed E-state index contributed by atoms with van der Waals surface area (Å²) in [5.41, 5.74) is 1.47. The minimum absolute atomic E-state index is 0.229. The van der Waals surface area contributed by atoms with E-state index < -0.39 is 17.8 Å². The topological polar surface area (TPSA) is 84.9 Å². The molecule has 0 radical (unpaired) electrons. The van der Waals surface area contributed by atoms with Gasteiger partial charge in [0.15, 0.2) is 0 Å². The highest BCUT2D eigenvalue weighted by molar-refractivity contribution is 6.39. The molecule has 0 bridgehead atoms. The maximum Gasteiger partial charge on any atom is 0.335 e. The maximum absolute atomic E-state index is 13.3. The summed E-state index contributed by atoms with van der Waals surface area (Å²) in [6.07, 6.45) is 1.38. The summed E-state index contributed by atoms with van der Waals surface area (Å²) in [5.74, 6) is -0.579. The van der Waals surface area contributed by atoms with Crippen molar-refractivity contribution in [3.05, 3.63) is 107 Å². The molecule has 4 amide bonds. The van der Waals surface area contributed by atoms with Crippen molar-refractivity contribution in [2.75, 3.05) is 12.0 Å². The van der Waals surface area contributed by atoms with Crippen molar-refractivity contribution in [1.82, 2.24) is 5.32 Å². The number of amides is 4. The number of hydrogen-bond acceptors (Lipinski definition) is 5. The molecule has 0 atom stereocenters. The first kappa shape index (κ1) is 24.1. The number of halogens is 1. The largest absolute Gasteiger partial charge is 0.497 e. The van der Waals surface area contributed by atoms with Crippen molar-refractivity contribution in [3.63, 3.8) is 0 Å². The first-order valence-electron chi connectivity index (χ1n) is 11.4. The fourth-order valence-corrected chi connectivity index (χ4v) is 4.30. The average Bonchev–Trinajstić information content (AvgIpc) is 2.91. The van der Waals surface area contributed by atoms with E-state index in [4.69, 9.17) is 21.1 Å². The van der Waals surface area contributed by atoms with Crippen LogP contribution in [0.2, 0.25) is 5.02 Å². The van der Waals surface area contributed by atoms with Crippen LogP contribution in [0, 0.1) is 0 Å². The Kier molecular flexibility index (Phi) is 6.62. The van der Waals surface area contributed by atoms with Gasteiger partial charge in [-0.25, -0.2) is 9.69 Å². The molecule has 0 aromatic heterocycles. The number of methoxy groups -OCH3 is 1. The molecule has 0 aliphatic carbocycles. The molecule has 184 valence electrons. The lowest BCUT2D eigenvalue weighted by molar-refractivity contribution is -0.122. The zero-order valence-electron chi connectivity index (χ0n) is 19.7. The number of fused-ring (bicyclic) bond motifs is 1. The van der Waals surface area contributed by atoms with E-state index in [2.05, 4.69) is 5.32 Å². The number of benzene rings is 4. The molecular weight excluding hydrogens is 492 g/mol. The third kappa shape index (κ3) is 4.90. The molecule has 0 unspecified atom stereocenters. The molecule has 0 spiro atoms. The number of urea groups is 1. The third-order valence-electron chi connectivity index (χ3n) is 5.97. The number of nitrogens with zero attached hydrogens (tertiary/aromatic N) is 1. The van der Waals surface area contributed by atoms with Gasteiger partial charge in [-0.1, -0.05) is 54.1 Å². The standard InChI is InChI=1S/C29H21ClN2O5/c1-36-23-12-10-22(11-13-23)32-28(34)25(27(33)31-29(32)35)16-20-15-21(30)9-14-26(20)37-17-19-7-4-6-18-5-2-3-8-24(18)19/h2-16H,17H2,1H3,(H,31,33,35)/b25-16+. The number of nitrogens with one attached hydrogen (secondary N) is 1. The zero-order chi connectivity index (χ0) is 25.9. The van der Waals surface area contributed by atoms with Gasteiger partial charge in [0.1, 0.15) is 23.7 Å². The second-order valence-electron chi connectivity index (χ2n) is 8.26. The lowest BCUT2D eigenvalue weighted by Crippen LogP contribution is -2.54. The van der Waals surface area contributed by atoms with Gasteiger partial charge in [-0.05, 0) is 64.9 Å². The van der Waals surface area contributed by atoms with Crippen molar-refractivity contribution in [2.24, 2.45) is 0 Å². The van der Waals surface area contributed by atoms with Gasteiger partial charge in [-0.3, -0.25) is 14.9 Å². The first-order valence-corrected chi connectivity index (χ1v) is 11.8. The van der Waals surface area contributed by atoms with Crippen LogP contribution in [0.25, 0.3) is 16.8 Å². The number of barbiturate groups is 1. The van der Waals surface area contributed by atoms with Gasteiger partial charge in [0.05, 0.1) is 12.8 Å². The molecule has 4 aromatic carbocycles. The Morgan fingerprint density at radius 2 is 1.68 bits per heavy atom. The molecule has 37 heavy (non-hydrogen) atoms. The number of hydrogen-bond donors (Lipinski definition) is 1. The van der Waals surface area contributed by atoms with Crippen LogP contribution in [-0.4, -0.2) is 25.0 Å². The van der Waals surface area contributed by atoms with Gasteiger partial charge in [0, 0.05) is 10.6 Å². The van der Waals surface area contributed by atoms with Crippen LogP contribution < -0.4 is 19.7 Å². The molecule has 1 fully saturated rings. The highest BCUT2D eigenvalue weighted by atomic mass is 35.5. The summed E-state index contributed by atoms with van der Waals surface area (Å²) in [5, 5.41) is 4.78. The zero-order valence-corrected chi connectivity index (χ0v) is 20.5. The van der Waals surface area contributed by atoms with E-state index in [1.54, 1.807) is 42.5 Å². The fourth-order valence-electron chi connectivity index (χ4n) is 4.12. The molecule has 1 N–H and O–H groups in total. The number of carbonyl (C=O) groups excluding carboxylic acids is 3. The number of rotatable bonds is 6. The Hall–Kier alpha value is -4.62. The number of anilines is 1. The lowest BCUT2D eigenvalue weighted by atomic mass is 10.0. The second kappa shape index (κ2) is 10.2. The average molecular weight is 513 g/mol. The van der Waals surface area contributed by atoms with E-state index in [0.29, 0.717) is 27.8 Å². The summed E-state index contributed by atoms with van der Waals surface area (Å²) in [4.78, 5) is 39.4. The number of carbonyl (C=O) groups is 3. The monoisotopic (exact) mass is 512 g/mol. The van der Waals surface area contributed by atoms with Gasteiger partial charge in [0.2, 0.25) is 0 Å². The summed E-state index contributed by atoms with van der Waals surface area (Å²) >= 11 is 6.23. The normalized spacial score (nSPS) is 14.7. The molecule has 5 rings (SSSR count). The van der Waals surface area contributed by atoms with E-state index in [9.17, 15) is 14.4 Å². The van der Waals surface area contributed by atoms with Crippen molar-refractivity contribution < 1.29 is 23.9 Å². The van der Waals surface area contributed by atoms with Crippen LogP contribution in [0.15, 0.2) is 90.5 Å². The Morgan fingerprint density at radius 1 is 0.919 bits per heavy atom. The molecule has 1 aliphatic rings. The highest BCUT2D eigenvalue weighted by Crippen LogP contribution is 2.30. The predicted molar refractivity (Wildman–Crippen MR) is 142 cm³/mol. The first-order chi connectivity index (χ1) is 17.9. The minimum atomic E-state index is -0.837. The maximum atomic E-state index is 13.3. The summed E-state index contributed by atoms with van der Waals surface area (Å²) < 4.78 is 11.3. The van der Waals surface area contributed by atoms with Gasteiger partial charge in [-0.2, -0.15) is 0 Å². The fraction of sp³-hybridized carbons (Fsp3) is 0.0690. The van der Waals surface area contributed by atoms with Gasteiger partial charge in [0.25, 0.3) is 11.8 Å². The van der Waals surface area contributed by atoms with Crippen molar-refractivity contribution in [1.29, 1.82) is 0 Å². The summed E-state index contributed by atoms with van der Waals surface area (Å²) in [6.45, 7) is 0.260. The van der Waals surface area contributed by atoms with E-state index in [-0.39, 0.29) is 12.2 Å². The van der Waals surface area contributed by atoms with E-state index in [1.165, 1.54) is 13.2 Å². The van der Waals surface area contributed by atoms with Crippen LogP contribution in [0.5, 0.6) is 11.5 Å². The van der Waals surface area contributed by atoms with Crippen molar-refractivity contribution in [3.8, 4) is 11.5 Å². The van der Waals surface area contributed by atoms with Crippen molar-refractivity contribution >= 4 is 52.0 Å². The lowest BCUT2D eigenvalue weighted by Gasteiger charge is -2.26. The van der Waals surface area contributed by atoms with Crippen LogP contribution in [0.1, 0.15) is 11.1 Å². The second-order valence-corrected chi connectivity index (χ2v) is 8.70. The molecule has 4 aromatic rings. The summed E-state index contributed by atoms with van der Waals surface area (Å²) in [6, 6.07) is 24.4. The molecule has 7 nitrogen and oxygen atoms in total. The van der Waals surface area contributed by atoms with Crippen LogP contribution in [0.3, 0.4) is 0 Å². The highest BCUT2D eigenvalue weighted by Gasteiger charge is 2.37. The number of imide groups is 2. The molecule has 1 saturated heterocycles. The Morgan fingerprint density at radius 3 is 2.46 bits per heavy atom. The third-order valence-corrected chi connectivity index (χ3v) is 6.20. The minimum Gasteiger partial charge on any atom is -0.497 e. The van der Waals surface area contributed by atoms with E-state index in [0.717, 1.165) is 21.2 Å². The molecule has 0 saturated carbocycles. The molecule has 1 heterocycles.